The summed E-state index contributed by atoms with van der Waals surface area (Å²) in [6.45, 7) is -0.0741. The van der Waals surface area contributed by atoms with Crippen molar-refractivity contribution in [3.05, 3.63) is 12.1 Å². The SMILES string of the molecule is O=C1COc2ccc(N3C[C@@H](CO)OC3=O)nc2N1. The van der Waals surface area contributed by atoms with Crippen LogP contribution in [0.4, 0.5) is 16.4 Å². The second-order valence-electron chi connectivity index (χ2n) is 4.15. The first kappa shape index (κ1) is 11.7. The van der Waals surface area contributed by atoms with Crippen molar-refractivity contribution in [3.8, 4) is 5.75 Å². The van der Waals surface area contributed by atoms with Gasteiger partial charge in [0.25, 0.3) is 5.91 Å². The van der Waals surface area contributed by atoms with Gasteiger partial charge in [0.1, 0.15) is 11.9 Å². The lowest BCUT2D eigenvalue weighted by molar-refractivity contribution is -0.118. The van der Waals surface area contributed by atoms with Crippen LogP contribution in [0, 0.1) is 0 Å². The first-order valence-corrected chi connectivity index (χ1v) is 5.70. The molecule has 8 heteroatoms. The highest BCUT2D eigenvalue weighted by molar-refractivity contribution is 5.95. The van der Waals surface area contributed by atoms with Crippen LogP contribution in [0.1, 0.15) is 0 Å². The molecule has 0 aromatic carbocycles. The number of aliphatic hydroxyl groups is 1. The van der Waals surface area contributed by atoms with Gasteiger partial charge >= 0.3 is 6.09 Å². The Balaban J connectivity index is 1.88. The van der Waals surface area contributed by atoms with Crippen LogP contribution >= 0.6 is 0 Å². The van der Waals surface area contributed by atoms with Crippen LogP contribution in [0.3, 0.4) is 0 Å². The summed E-state index contributed by atoms with van der Waals surface area (Å²) in [5.41, 5.74) is 0. The van der Waals surface area contributed by atoms with Crippen molar-refractivity contribution in [3.63, 3.8) is 0 Å². The molecule has 0 spiro atoms. The second-order valence-corrected chi connectivity index (χ2v) is 4.15. The summed E-state index contributed by atoms with van der Waals surface area (Å²) in [5, 5.41) is 11.5. The first-order valence-electron chi connectivity index (χ1n) is 5.70. The minimum atomic E-state index is -0.574. The fraction of sp³-hybridized carbons (Fsp3) is 0.364. The highest BCUT2D eigenvalue weighted by Crippen LogP contribution is 2.29. The molecule has 0 radical (unpaired) electrons. The van der Waals surface area contributed by atoms with Crippen molar-refractivity contribution < 1.29 is 24.2 Å². The van der Waals surface area contributed by atoms with E-state index in [2.05, 4.69) is 10.3 Å². The quantitative estimate of drug-likeness (QED) is 0.763. The smallest absolute Gasteiger partial charge is 0.416 e. The zero-order valence-electron chi connectivity index (χ0n) is 9.83. The lowest BCUT2D eigenvalue weighted by atomic mass is 10.3. The number of fused-ring (bicyclic) bond motifs is 1. The van der Waals surface area contributed by atoms with Gasteiger partial charge in [0.05, 0.1) is 13.2 Å². The van der Waals surface area contributed by atoms with E-state index in [1.54, 1.807) is 12.1 Å². The Hall–Kier alpha value is -2.35. The molecule has 2 amide bonds. The molecule has 3 rings (SSSR count). The van der Waals surface area contributed by atoms with Gasteiger partial charge in [-0.15, -0.1) is 0 Å². The van der Waals surface area contributed by atoms with E-state index in [-0.39, 0.29) is 31.5 Å². The summed E-state index contributed by atoms with van der Waals surface area (Å²) in [5.74, 6) is 0.767. The standard InChI is InChI=1S/C11H11N3O5/c15-4-6-3-14(11(17)19-6)8-2-1-7-10(12-8)13-9(16)5-18-7/h1-2,6,15H,3-5H2,(H,12,13,16)/t6-/m0/s1. The molecule has 0 saturated carbocycles. The fourth-order valence-corrected chi connectivity index (χ4v) is 1.91. The largest absolute Gasteiger partial charge is 0.480 e. The summed E-state index contributed by atoms with van der Waals surface area (Å²) in [4.78, 5) is 28.3. The highest BCUT2D eigenvalue weighted by Gasteiger charge is 2.33. The van der Waals surface area contributed by atoms with E-state index in [0.29, 0.717) is 11.6 Å². The van der Waals surface area contributed by atoms with Crippen LogP contribution in [-0.4, -0.2) is 48.0 Å². The number of nitrogens with one attached hydrogen (secondary N) is 1. The lowest BCUT2D eigenvalue weighted by Gasteiger charge is -2.19. The van der Waals surface area contributed by atoms with Crippen molar-refractivity contribution in [1.29, 1.82) is 0 Å². The second kappa shape index (κ2) is 4.39. The molecule has 3 heterocycles. The predicted molar refractivity (Wildman–Crippen MR) is 63.1 cm³/mol. The van der Waals surface area contributed by atoms with Gasteiger partial charge in [-0.2, -0.15) is 0 Å². The molecule has 2 N–H and O–H groups in total. The molecule has 19 heavy (non-hydrogen) atoms. The number of amides is 2. The molecule has 0 unspecified atom stereocenters. The first-order chi connectivity index (χ1) is 9.17. The minimum Gasteiger partial charge on any atom is -0.480 e. The number of hydrogen-bond donors (Lipinski definition) is 2. The van der Waals surface area contributed by atoms with Gasteiger partial charge in [0.15, 0.2) is 18.2 Å². The lowest BCUT2D eigenvalue weighted by Crippen LogP contribution is -2.29. The van der Waals surface area contributed by atoms with Crippen molar-refractivity contribution in [1.82, 2.24) is 4.98 Å². The number of nitrogens with zero attached hydrogens (tertiary/aromatic N) is 2. The molecule has 1 fully saturated rings. The highest BCUT2D eigenvalue weighted by atomic mass is 16.6. The normalized spacial score (nSPS) is 21.5. The van der Waals surface area contributed by atoms with E-state index < -0.39 is 12.2 Å². The van der Waals surface area contributed by atoms with Gasteiger partial charge in [0, 0.05) is 0 Å². The molecule has 2 aliphatic heterocycles. The summed E-state index contributed by atoms with van der Waals surface area (Å²) in [6, 6.07) is 3.22. The molecule has 0 aliphatic carbocycles. The zero-order valence-corrected chi connectivity index (χ0v) is 9.83. The Morgan fingerprint density at radius 2 is 2.32 bits per heavy atom. The van der Waals surface area contributed by atoms with Crippen molar-refractivity contribution in [2.75, 3.05) is 30.0 Å². The van der Waals surface area contributed by atoms with E-state index in [1.165, 1.54) is 4.90 Å². The summed E-state index contributed by atoms with van der Waals surface area (Å²) in [7, 11) is 0. The number of rotatable bonds is 2. The Morgan fingerprint density at radius 3 is 3.05 bits per heavy atom. The number of hydrogen-bond acceptors (Lipinski definition) is 6. The Kier molecular flexibility index (Phi) is 2.71. The zero-order chi connectivity index (χ0) is 13.4. The maximum atomic E-state index is 11.6. The van der Waals surface area contributed by atoms with Gasteiger partial charge < -0.3 is 19.9 Å². The molecule has 1 atom stereocenters. The topological polar surface area (TPSA) is 101 Å². The molecule has 100 valence electrons. The van der Waals surface area contributed by atoms with Crippen molar-refractivity contribution in [2.45, 2.75) is 6.10 Å². The Labute approximate surface area is 107 Å². The van der Waals surface area contributed by atoms with E-state index in [4.69, 9.17) is 14.6 Å². The number of aliphatic hydroxyl groups excluding tert-OH is 1. The molecule has 0 bridgehead atoms. The summed E-state index contributed by atoms with van der Waals surface area (Å²) < 4.78 is 10.1. The summed E-state index contributed by atoms with van der Waals surface area (Å²) >= 11 is 0. The van der Waals surface area contributed by atoms with E-state index >= 15 is 0 Å². The number of carbonyl (C=O) groups excluding carboxylic acids is 2. The van der Waals surface area contributed by atoms with Crippen LogP contribution in [0.25, 0.3) is 0 Å². The molecular formula is C11H11N3O5. The molecule has 1 aromatic heterocycles. The monoisotopic (exact) mass is 265 g/mol. The van der Waals surface area contributed by atoms with Crippen LogP contribution in [0.2, 0.25) is 0 Å². The van der Waals surface area contributed by atoms with E-state index in [9.17, 15) is 9.59 Å². The molecule has 1 aromatic rings. The third kappa shape index (κ3) is 2.06. The number of anilines is 2. The Bertz CT molecular complexity index is 547. The fourth-order valence-electron chi connectivity index (χ4n) is 1.91. The van der Waals surface area contributed by atoms with Gasteiger partial charge in [-0.1, -0.05) is 0 Å². The summed E-state index contributed by atoms with van der Waals surface area (Å²) in [6.07, 6.45) is -1.13. The molecule has 1 saturated heterocycles. The van der Waals surface area contributed by atoms with Gasteiger partial charge in [-0.05, 0) is 12.1 Å². The maximum Gasteiger partial charge on any atom is 0.416 e. The predicted octanol–water partition coefficient (Wildman–Crippen LogP) is -0.270. The maximum absolute atomic E-state index is 11.6. The number of carbonyl (C=O) groups is 2. The minimum absolute atomic E-state index is 0.0492. The Morgan fingerprint density at radius 1 is 1.47 bits per heavy atom. The van der Waals surface area contributed by atoms with Crippen molar-refractivity contribution in [2.24, 2.45) is 0 Å². The van der Waals surface area contributed by atoms with E-state index in [0.717, 1.165) is 0 Å². The average molecular weight is 265 g/mol. The van der Waals surface area contributed by atoms with Crippen LogP contribution in [0.15, 0.2) is 12.1 Å². The van der Waals surface area contributed by atoms with Crippen molar-refractivity contribution >= 4 is 23.6 Å². The molecule has 8 nitrogen and oxygen atoms in total. The molecular weight excluding hydrogens is 254 g/mol. The van der Waals surface area contributed by atoms with Gasteiger partial charge in [-0.25, -0.2) is 9.78 Å². The van der Waals surface area contributed by atoms with Crippen LogP contribution in [0.5, 0.6) is 5.75 Å². The third-order valence-electron chi connectivity index (χ3n) is 2.81. The number of aromatic nitrogens is 1. The number of ether oxygens (including phenoxy) is 2. The van der Waals surface area contributed by atoms with Crippen LogP contribution in [-0.2, 0) is 9.53 Å². The molecule has 2 aliphatic rings. The van der Waals surface area contributed by atoms with Crippen LogP contribution < -0.4 is 15.0 Å². The van der Waals surface area contributed by atoms with Gasteiger partial charge in [0.2, 0.25) is 0 Å². The third-order valence-corrected chi connectivity index (χ3v) is 2.81. The van der Waals surface area contributed by atoms with Gasteiger partial charge in [-0.3, -0.25) is 9.69 Å². The number of pyridine rings is 1. The number of cyclic esters (lactones) is 1. The average Bonchev–Trinajstić information content (AvgIpc) is 2.79. The van der Waals surface area contributed by atoms with E-state index in [1.807, 2.05) is 0 Å².